The number of fused-ring (bicyclic) bond motifs is 2. The molecule has 0 aromatic heterocycles. The number of aliphatic hydroxyl groups excluding tert-OH is 1. The van der Waals surface area contributed by atoms with Gasteiger partial charge in [0.1, 0.15) is 11.5 Å². The normalized spacial score (nSPS) is 24.8. The molecule has 0 bridgehead atoms. The first-order valence-electron chi connectivity index (χ1n) is 9.59. The summed E-state index contributed by atoms with van der Waals surface area (Å²) in [5, 5.41) is 34.7. The number of hydrogen-bond acceptors (Lipinski definition) is 8. The Hall–Kier alpha value is -3.43. The molecular weight excluding hydrogens is 406 g/mol. The predicted octanol–water partition coefficient (Wildman–Crippen LogP) is 2.56. The summed E-state index contributed by atoms with van der Waals surface area (Å²) in [5.41, 5.74) is 8.51. The fraction of sp³-hybridized carbons (Fsp3) is 0.333. The molecule has 1 fully saturated rings. The first kappa shape index (κ1) is 20.8. The average Bonchev–Trinajstić information content (AvgIpc) is 2.75. The Balaban J connectivity index is 1.62. The number of phenolic OH excluding ortho intramolecular Hbond substituents is 2. The third kappa shape index (κ3) is 3.51. The SMILES string of the molecule is C[C@@H]1O[C@@H](OCc2cc(O)c3c(c2O)C(=O)c2ccccc2C3=O)C[C@H](N=[N+]=[N-])[C@@H]1O. The number of aromatic hydroxyl groups is 2. The third-order valence-corrected chi connectivity index (χ3v) is 5.53. The van der Waals surface area contributed by atoms with Crippen LogP contribution in [-0.4, -0.2) is 51.4 Å². The number of ketones is 2. The van der Waals surface area contributed by atoms with Gasteiger partial charge in [0.15, 0.2) is 17.9 Å². The van der Waals surface area contributed by atoms with E-state index in [1.54, 1.807) is 19.1 Å². The summed E-state index contributed by atoms with van der Waals surface area (Å²) in [6, 6.07) is 6.60. The second-order valence-electron chi connectivity index (χ2n) is 7.44. The van der Waals surface area contributed by atoms with Crippen molar-refractivity contribution in [2.24, 2.45) is 5.11 Å². The van der Waals surface area contributed by atoms with Gasteiger partial charge in [-0.05, 0) is 18.5 Å². The van der Waals surface area contributed by atoms with Gasteiger partial charge in [-0.3, -0.25) is 9.59 Å². The van der Waals surface area contributed by atoms with Crippen molar-refractivity contribution < 1.29 is 34.4 Å². The first-order chi connectivity index (χ1) is 14.8. The van der Waals surface area contributed by atoms with E-state index >= 15 is 0 Å². The van der Waals surface area contributed by atoms with Crippen LogP contribution in [0.5, 0.6) is 11.5 Å². The number of benzene rings is 2. The first-order valence-corrected chi connectivity index (χ1v) is 9.59. The topological polar surface area (TPSA) is 162 Å². The predicted molar refractivity (Wildman–Crippen MR) is 106 cm³/mol. The van der Waals surface area contributed by atoms with Gasteiger partial charge in [-0.1, -0.05) is 29.4 Å². The van der Waals surface area contributed by atoms with Crippen LogP contribution >= 0.6 is 0 Å². The highest BCUT2D eigenvalue weighted by Gasteiger charge is 2.37. The van der Waals surface area contributed by atoms with E-state index in [1.807, 2.05) is 0 Å². The van der Waals surface area contributed by atoms with Gasteiger partial charge in [-0.25, -0.2) is 0 Å². The Bertz CT molecular complexity index is 1130. The zero-order valence-electron chi connectivity index (χ0n) is 16.4. The van der Waals surface area contributed by atoms with Gasteiger partial charge in [0.05, 0.1) is 36.0 Å². The van der Waals surface area contributed by atoms with Gasteiger partial charge >= 0.3 is 0 Å². The van der Waals surface area contributed by atoms with E-state index in [0.29, 0.717) is 0 Å². The zero-order chi connectivity index (χ0) is 22.3. The fourth-order valence-electron chi connectivity index (χ4n) is 3.92. The Morgan fingerprint density at radius 3 is 2.48 bits per heavy atom. The zero-order valence-corrected chi connectivity index (χ0v) is 16.4. The lowest BCUT2D eigenvalue weighted by Gasteiger charge is -2.35. The molecule has 31 heavy (non-hydrogen) atoms. The van der Waals surface area contributed by atoms with E-state index in [0.717, 1.165) is 0 Å². The lowest BCUT2D eigenvalue weighted by molar-refractivity contribution is -0.226. The van der Waals surface area contributed by atoms with Crippen LogP contribution in [0.15, 0.2) is 35.4 Å². The second kappa shape index (κ2) is 8.01. The molecule has 2 aliphatic rings. The summed E-state index contributed by atoms with van der Waals surface area (Å²) in [6.45, 7) is 1.34. The van der Waals surface area contributed by atoms with Crippen molar-refractivity contribution in [3.63, 3.8) is 0 Å². The number of aliphatic hydroxyl groups is 1. The molecule has 10 heteroatoms. The van der Waals surface area contributed by atoms with Gasteiger partial charge in [0, 0.05) is 28.0 Å². The Kier molecular flexibility index (Phi) is 5.38. The summed E-state index contributed by atoms with van der Waals surface area (Å²) in [6.07, 6.45) is -2.42. The van der Waals surface area contributed by atoms with E-state index in [4.69, 9.17) is 15.0 Å². The number of azide groups is 1. The molecule has 0 unspecified atom stereocenters. The maximum Gasteiger partial charge on any atom is 0.198 e. The standard InChI is InChI=1S/C21H19N3O7/c1-9-18(26)13(23-24-22)7-15(31-9)30-8-10-6-14(25)16-17(19(10)27)21(29)12-5-3-2-4-11(12)20(16)28/h2-6,9,13,15,18,25-27H,7-8H2,1H3/t9-,13-,15+,18+/m0/s1. The van der Waals surface area contributed by atoms with Crippen molar-refractivity contribution in [1.29, 1.82) is 0 Å². The van der Waals surface area contributed by atoms with Gasteiger partial charge in [-0.15, -0.1) is 0 Å². The molecule has 0 radical (unpaired) electrons. The van der Waals surface area contributed by atoms with Crippen molar-refractivity contribution in [3.8, 4) is 11.5 Å². The number of hydrogen-bond donors (Lipinski definition) is 3. The Morgan fingerprint density at radius 2 is 1.84 bits per heavy atom. The second-order valence-corrected chi connectivity index (χ2v) is 7.44. The summed E-state index contributed by atoms with van der Waals surface area (Å²) in [4.78, 5) is 28.4. The van der Waals surface area contributed by atoms with Gasteiger partial charge in [-0.2, -0.15) is 0 Å². The number of nitrogens with zero attached hydrogens (tertiary/aromatic N) is 3. The van der Waals surface area contributed by atoms with Crippen molar-refractivity contribution in [2.45, 2.75) is 44.5 Å². The van der Waals surface area contributed by atoms with Crippen LogP contribution in [-0.2, 0) is 16.1 Å². The van der Waals surface area contributed by atoms with E-state index in [1.165, 1.54) is 18.2 Å². The van der Waals surface area contributed by atoms with Gasteiger partial charge < -0.3 is 24.8 Å². The van der Waals surface area contributed by atoms with Crippen molar-refractivity contribution in [2.75, 3.05) is 0 Å². The largest absolute Gasteiger partial charge is 0.507 e. The van der Waals surface area contributed by atoms with E-state index in [2.05, 4.69) is 10.0 Å². The minimum atomic E-state index is -0.986. The molecule has 4 rings (SSSR count). The minimum absolute atomic E-state index is 0.0814. The fourth-order valence-corrected chi connectivity index (χ4v) is 3.92. The van der Waals surface area contributed by atoms with E-state index < -0.39 is 47.6 Å². The van der Waals surface area contributed by atoms with E-state index in [9.17, 15) is 24.9 Å². The smallest absolute Gasteiger partial charge is 0.198 e. The summed E-state index contributed by atoms with van der Waals surface area (Å²) < 4.78 is 11.2. The number of ether oxygens (including phenoxy) is 2. The van der Waals surface area contributed by atoms with Gasteiger partial charge in [0.2, 0.25) is 0 Å². The highest BCUT2D eigenvalue weighted by atomic mass is 16.7. The molecule has 160 valence electrons. The Labute approximate surface area is 176 Å². The Morgan fingerprint density at radius 1 is 1.19 bits per heavy atom. The monoisotopic (exact) mass is 425 g/mol. The number of carbonyl (C=O) groups is 2. The maximum absolute atomic E-state index is 12.9. The number of carbonyl (C=O) groups excluding carboxylic acids is 2. The highest BCUT2D eigenvalue weighted by Crippen LogP contribution is 2.40. The third-order valence-electron chi connectivity index (χ3n) is 5.53. The molecule has 0 amide bonds. The molecule has 0 saturated carbocycles. The molecular formula is C21H19N3O7. The molecule has 2 aromatic carbocycles. The summed E-state index contributed by atoms with van der Waals surface area (Å²) in [5.74, 6) is -2.04. The van der Waals surface area contributed by atoms with Crippen LogP contribution in [0.2, 0.25) is 0 Å². The quantitative estimate of drug-likeness (QED) is 0.250. The molecule has 4 atom stereocenters. The maximum atomic E-state index is 12.9. The van der Waals surface area contributed by atoms with Crippen molar-refractivity contribution in [1.82, 2.24) is 0 Å². The minimum Gasteiger partial charge on any atom is -0.507 e. The van der Waals surface area contributed by atoms with Crippen LogP contribution in [0.1, 0.15) is 50.8 Å². The molecule has 1 aliphatic carbocycles. The molecule has 1 aliphatic heterocycles. The summed E-state index contributed by atoms with van der Waals surface area (Å²) >= 11 is 0. The van der Waals surface area contributed by atoms with Crippen LogP contribution in [0.25, 0.3) is 10.4 Å². The van der Waals surface area contributed by atoms with Crippen LogP contribution < -0.4 is 0 Å². The molecule has 3 N–H and O–H groups in total. The molecule has 1 saturated heterocycles. The number of phenols is 2. The van der Waals surface area contributed by atoms with Crippen molar-refractivity contribution in [3.05, 3.63) is 68.6 Å². The highest BCUT2D eigenvalue weighted by molar-refractivity contribution is 6.30. The lowest BCUT2D eigenvalue weighted by Crippen LogP contribution is -2.46. The van der Waals surface area contributed by atoms with E-state index in [-0.39, 0.29) is 40.8 Å². The average molecular weight is 425 g/mol. The molecule has 10 nitrogen and oxygen atoms in total. The van der Waals surface area contributed by atoms with Crippen LogP contribution in [0.4, 0.5) is 0 Å². The lowest BCUT2D eigenvalue weighted by atomic mass is 9.82. The molecule has 0 spiro atoms. The van der Waals surface area contributed by atoms with Gasteiger partial charge in [0.25, 0.3) is 0 Å². The van der Waals surface area contributed by atoms with Crippen LogP contribution in [0, 0.1) is 0 Å². The van der Waals surface area contributed by atoms with Crippen LogP contribution in [0.3, 0.4) is 0 Å². The molecule has 1 heterocycles. The number of rotatable bonds is 4. The summed E-state index contributed by atoms with van der Waals surface area (Å²) in [7, 11) is 0. The van der Waals surface area contributed by atoms with Crippen molar-refractivity contribution >= 4 is 11.6 Å². The molecule has 2 aromatic rings.